The Balaban J connectivity index is 1.38. The Hall–Kier alpha value is -2.74. The van der Waals surface area contributed by atoms with Crippen LogP contribution in [0.15, 0.2) is 42.5 Å². The number of amides is 1. The van der Waals surface area contributed by atoms with Crippen molar-refractivity contribution in [1.29, 1.82) is 0 Å². The fraction of sp³-hybridized carbons (Fsp3) is 0.350. The lowest BCUT2D eigenvalue weighted by molar-refractivity contribution is -0.138. The first-order chi connectivity index (χ1) is 13.4. The molecule has 1 saturated heterocycles. The molecule has 2 aromatic rings. The third-order valence-electron chi connectivity index (χ3n) is 5.00. The van der Waals surface area contributed by atoms with E-state index in [-0.39, 0.29) is 24.8 Å². The zero-order valence-electron chi connectivity index (χ0n) is 15.0. The van der Waals surface area contributed by atoms with E-state index in [1.807, 2.05) is 4.90 Å². The maximum absolute atomic E-state index is 13.2. The second kappa shape index (κ2) is 7.35. The Bertz CT molecular complexity index is 877. The van der Waals surface area contributed by atoms with Gasteiger partial charge in [-0.3, -0.25) is 9.69 Å². The molecule has 1 amide bonds. The van der Waals surface area contributed by atoms with Crippen LogP contribution in [0.3, 0.4) is 0 Å². The van der Waals surface area contributed by atoms with Crippen molar-refractivity contribution >= 4 is 5.91 Å². The number of hydrogen-bond donors (Lipinski definition) is 0. The molecule has 1 fully saturated rings. The maximum atomic E-state index is 13.2. The fourth-order valence-corrected chi connectivity index (χ4v) is 3.50. The minimum absolute atomic E-state index is 0.117. The lowest BCUT2D eigenvalue weighted by Crippen LogP contribution is -2.48. The molecule has 0 saturated carbocycles. The van der Waals surface area contributed by atoms with Crippen LogP contribution in [-0.2, 0) is 12.7 Å². The number of hydrogen-bond acceptors (Lipinski definition) is 4. The van der Waals surface area contributed by atoms with Crippen LogP contribution in [0.1, 0.15) is 21.5 Å². The van der Waals surface area contributed by atoms with E-state index < -0.39 is 11.7 Å². The van der Waals surface area contributed by atoms with E-state index >= 15 is 0 Å². The molecule has 148 valence electrons. The van der Waals surface area contributed by atoms with Gasteiger partial charge >= 0.3 is 6.18 Å². The average molecular weight is 392 g/mol. The van der Waals surface area contributed by atoms with Crippen molar-refractivity contribution in [2.75, 3.05) is 33.0 Å². The summed E-state index contributed by atoms with van der Waals surface area (Å²) in [5, 5.41) is 0. The Kier molecular flexibility index (Phi) is 4.89. The summed E-state index contributed by atoms with van der Waals surface area (Å²) in [6.07, 6.45) is -4.37. The van der Waals surface area contributed by atoms with Gasteiger partial charge < -0.3 is 14.4 Å². The number of carbonyl (C=O) groups is 1. The normalized spacial score (nSPS) is 17.0. The van der Waals surface area contributed by atoms with Crippen molar-refractivity contribution in [3.05, 3.63) is 59.2 Å². The number of fused-ring (bicyclic) bond motifs is 1. The summed E-state index contributed by atoms with van der Waals surface area (Å²) < 4.78 is 50.0. The largest absolute Gasteiger partial charge is 0.454 e. The van der Waals surface area contributed by atoms with E-state index in [9.17, 15) is 18.0 Å². The van der Waals surface area contributed by atoms with Crippen LogP contribution in [0, 0.1) is 0 Å². The number of rotatable bonds is 3. The lowest BCUT2D eigenvalue weighted by atomic mass is 10.1. The minimum Gasteiger partial charge on any atom is -0.454 e. The topological polar surface area (TPSA) is 42.0 Å². The third-order valence-corrected chi connectivity index (χ3v) is 5.00. The highest BCUT2D eigenvalue weighted by Gasteiger charge is 2.33. The van der Waals surface area contributed by atoms with Gasteiger partial charge in [0.15, 0.2) is 11.5 Å². The van der Waals surface area contributed by atoms with Crippen LogP contribution >= 0.6 is 0 Å². The number of piperazine rings is 1. The zero-order valence-corrected chi connectivity index (χ0v) is 15.0. The predicted molar refractivity (Wildman–Crippen MR) is 95.2 cm³/mol. The number of nitrogens with zero attached hydrogens (tertiary/aromatic N) is 2. The van der Waals surface area contributed by atoms with Gasteiger partial charge in [0.1, 0.15) is 0 Å². The number of carbonyl (C=O) groups excluding carboxylic acids is 1. The zero-order chi connectivity index (χ0) is 19.7. The summed E-state index contributed by atoms with van der Waals surface area (Å²) in [5.74, 6) is 1.05. The fourth-order valence-electron chi connectivity index (χ4n) is 3.50. The van der Waals surface area contributed by atoms with Gasteiger partial charge in [0, 0.05) is 38.3 Å². The monoisotopic (exact) mass is 392 g/mol. The third kappa shape index (κ3) is 3.77. The van der Waals surface area contributed by atoms with Gasteiger partial charge in [0.25, 0.3) is 5.91 Å². The quantitative estimate of drug-likeness (QED) is 0.803. The van der Waals surface area contributed by atoms with Gasteiger partial charge in [0.2, 0.25) is 6.79 Å². The summed E-state index contributed by atoms with van der Waals surface area (Å²) in [6.45, 7) is 2.31. The summed E-state index contributed by atoms with van der Waals surface area (Å²) in [4.78, 5) is 16.4. The van der Waals surface area contributed by atoms with Gasteiger partial charge in [-0.1, -0.05) is 18.2 Å². The standard InChI is InChI=1S/C20H19F3N2O3/c21-20(22,23)16-4-2-1-3-15(16)12-24-7-9-25(10-8-24)19(26)14-5-6-17-18(11-14)28-13-27-17/h1-6,11H,7-10,12-13H2. The molecular formula is C20H19F3N2O3. The van der Waals surface area contributed by atoms with E-state index in [1.54, 1.807) is 29.2 Å². The van der Waals surface area contributed by atoms with Crippen molar-refractivity contribution in [2.45, 2.75) is 12.7 Å². The Morgan fingerprint density at radius 3 is 2.43 bits per heavy atom. The first-order valence-electron chi connectivity index (χ1n) is 8.98. The smallest absolute Gasteiger partial charge is 0.416 e. The molecule has 28 heavy (non-hydrogen) atoms. The van der Waals surface area contributed by atoms with Crippen molar-refractivity contribution in [3.8, 4) is 11.5 Å². The molecule has 0 unspecified atom stereocenters. The first kappa shape index (κ1) is 18.6. The predicted octanol–water partition coefficient (Wildman–Crippen LogP) is 3.39. The number of alkyl halides is 3. The minimum atomic E-state index is -4.37. The van der Waals surface area contributed by atoms with E-state index in [0.29, 0.717) is 43.2 Å². The van der Waals surface area contributed by atoms with Crippen molar-refractivity contribution in [2.24, 2.45) is 0 Å². The molecule has 2 aliphatic rings. The summed E-state index contributed by atoms with van der Waals surface area (Å²) in [6, 6.07) is 10.7. The van der Waals surface area contributed by atoms with Crippen LogP contribution in [0.4, 0.5) is 13.2 Å². The molecule has 5 nitrogen and oxygen atoms in total. The number of benzene rings is 2. The second-order valence-electron chi connectivity index (χ2n) is 6.79. The highest BCUT2D eigenvalue weighted by Crippen LogP contribution is 2.34. The molecule has 8 heteroatoms. The Morgan fingerprint density at radius 1 is 0.964 bits per heavy atom. The molecule has 0 aliphatic carbocycles. The summed E-state index contributed by atoms with van der Waals surface area (Å²) in [7, 11) is 0. The molecule has 0 aromatic heterocycles. The van der Waals surface area contributed by atoms with E-state index in [4.69, 9.17) is 9.47 Å². The van der Waals surface area contributed by atoms with Gasteiger partial charge in [-0.2, -0.15) is 13.2 Å². The van der Waals surface area contributed by atoms with Crippen molar-refractivity contribution in [1.82, 2.24) is 9.80 Å². The summed E-state index contributed by atoms with van der Waals surface area (Å²) >= 11 is 0. The summed E-state index contributed by atoms with van der Waals surface area (Å²) in [5.41, 5.74) is 0.166. The highest BCUT2D eigenvalue weighted by molar-refractivity contribution is 5.95. The van der Waals surface area contributed by atoms with Gasteiger partial charge in [-0.25, -0.2) is 0 Å². The molecule has 0 atom stereocenters. The Labute approximate surface area is 160 Å². The molecule has 2 aromatic carbocycles. The SMILES string of the molecule is O=C(c1ccc2c(c1)OCO2)N1CCN(Cc2ccccc2C(F)(F)F)CC1. The molecule has 0 bridgehead atoms. The lowest BCUT2D eigenvalue weighted by Gasteiger charge is -2.35. The average Bonchev–Trinajstić information content (AvgIpc) is 3.15. The highest BCUT2D eigenvalue weighted by atomic mass is 19.4. The van der Waals surface area contributed by atoms with Gasteiger partial charge in [0.05, 0.1) is 5.56 Å². The molecular weight excluding hydrogens is 373 g/mol. The Morgan fingerprint density at radius 2 is 1.68 bits per heavy atom. The van der Waals surface area contributed by atoms with Crippen LogP contribution in [0.5, 0.6) is 11.5 Å². The van der Waals surface area contributed by atoms with Crippen LogP contribution in [-0.4, -0.2) is 48.7 Å². The van der Waals surface area contributed by atoms with Crippen molar-refractivity contribution < 1.29 is 27.4 Å². The molecule has 4 rings (SSSR count). The van der Waals surface area contributed by atoms with Gasteiger partial charge in [-0.05, 0) is 29.8 Å². The maximum Gasteiger partial charge on any atom is 0.416 e. The van der Waals surface area contributed by atoms with E-state index in [0.717, 1.165) is 6.07 Å². The molecule has 0 N–H and O–H groups in total. The molecule has 0 radical (unpaired) electrons. The number of ether oxygens (including phenoxy) is 2. The van der Waals surface area contributed by atoms with Gasteiger partial charge in [-0.15, -0.1) is 0 Å². The molecule has 0 spiro atoms. The van der Waals surface area contributed by atoms with Crippen LogP contribution in [0.25, 0.3) is 0 Å². The number of halogens is 3. The molecule has 2 heterocycles. The van der Waals surface area contributed by atoms with E-state index in [2.05, 4.69) is 0 Å². The van der Waals surface area contributed by atoms with Crippen LogP contribution < -0.4 is 9.47 Å². The first-order valence-corrected chi connectivity index (χ1v) is 8.98. The van der Waals surface area contributed by atoms with Crippen LogP contribution in [0.2, 0.25) is 0 Å². The second-order valence-corrected chi connectivity index (χ2v) is 6.79. The molecule has 2 aliphatic heterocycles. The van der Waals surface area contributed by atoms with E-state index in [1.165, 1.54) is 12.1 Å². The van der Waals surface area contributed by atoms with Crippen molar-refractivity contribution in [3.63, 3.8) is 0 Å².